The van der Waals surface area contributed by atoms with E-state index in [1.165, 1.54) is 24.3 Å². The van der Waals surface area contributed by atoms with Crippen LogP contribution in [-0.2, 0) is 0 Å². The Bertz CT molecular complexity index is 1020. The van der Waals surface area contributed by atoms with Crippen molar-refractivity contribution < 1.29 is 8.78 Å². The Morgan fingerprint density at radius 1 is 0.788 bits per heavy atom. The Morgan fingerprint density at radius 3 is 1.76 bits per heavy atom. The van der Waals surface area contributed by atoms with Gasteiger partial charge in [-0.3, -0.25) is 9.80 Å². The van der Waals surface area contributed by atoms with Crippen molar-refractivity contribution in [3.8, 4) is 0 Å². The number of benzene rings is 2. The average molecular weight is 454 g/mol. The number of anilines is 2. The van der Waals surface area contributed by atoms with Crippen LogP contribution in [0.1, 0.15) is 36.0 Å². The first-order chi connectivity index (χ1) is 15.8. The van der Waals surface area contributed by atoms with Gasteiger partial charge >= 0.3 is 0 Å². The molecule has 1 fully saturated rings. The average Bonchev–Trinajstić information content (AvgIpc) is 2.81. The summed E-state index contributed by atoms with van der Waals surface area (Å²) in [5.41, 5.74) is 7.86. The molecule has 1 aromatic heterocycles. The molecule has 2 aromatic carbocycles. The van der Waals surface area contributed by atoms with E-state index >= 15 is 0 Å². The minimum absolute atomic E-state index is 0.0220. The Kier molecular flexibility index (Phi) is 6.80. The van der Waals surface area contributed by atoms with E-state index in [0.717, 1.165) is 37.3 Å². The van der Waals surface area contributed by atoms with Gasteiger partial charge in [-0.25, -0.2) is 8.78 Å². The minimum Gasteiger partial charge on any atom is -0.368 e. The molecule has 3 aromatic rings. The van der Waals surface area contributed by atoms with Crippen molar-refractivity contribution in [3.05, 3.63) is 77.1 Å². The number of hydrogen-bond donors (Lipinski definition) is 1. The molecule has 0 aliphatic carbocycles. The van der Waals surface area contributed by atoms with Crippen LogP contribution in [0, 0.1) is 11.6 Å². The highest BCUT2D eigenvalue weighted by Crippen LogP contribution is 2.31. The number of halogens is 2. The first kappa shape index (κ1) is 23.0. The van der Waals surface area contributed by atoms with Gasteiger partial charge in [-0.05, 0) is 42.3 Å². The fraction of sp³-hybridized carbons (Fsp3) is 0.375. The zero-order chi connectivity index (χ0) is 23.5. The molecule has 0 saturated carbocycles. The molecule has 1 aliphatic heterocycles. The smallest absolute Gasteiger partial charge is 0.229 e. The Labute approximate surface area is 192 Å². The third kappa shape index (κ3) is 5.26. The van der Waals surface area contributed by atoms with Crippen molar-refractivity contribution in [3.63, 3.8) is 0 Å². The number of hydrogen-bond acceptors (Lipinski definition) is 7. The lowest BCUT2D eigenvalue weighted by molar-refractivity contribution is 0.0812. The molecule has 0 spiro atoms. The Morgan fingerprint density at radius 2 is 1.27 bits per heavy atom. The molecule has 1 aliphatic rings. The van der Waals surface area contributed by atoms with Crippen LogP contribution in [0.4, 0.5) is 20.7 Å². The summed E-state index contributed by atoms with van der Waals surface area (Å²) in [7, 11) is 3.74. The number of rotatable bonds is 6. The summed E-state index contributed by atoms with van der Waals surface area (Å²) in [4.78, 5) is 19.6. The van der Waals surface area contributed by atoms with Gasteiger partial charge in [0.25, 0.3) is 0 Å². The quantitative estimate of drug-likeness (QED) is 0.614. The molecule has 2 heterocycles. The van der Waals surface area contributed by atoms with Gasteiger partial charge in [-0.15, -0.1) is 0 Å². The zero-order valence-electron chi connectivity index (χ0n) is 19.1. The van der Waals surface area contributed by atoms with E-state index in [9.17, 15) is 8.78 Å². The zero-order valence-corrected chi connectivity index (χ0v) is 19.1. The van der Waals surface area contributed by atoms with Crippen molar-refractivity contribution in [1.29, 1.82) is 0 Å². The van der Waals surface area contributed by atoms with Crippen molar-refractivity contribution in [2.75, 3.05) is 50.9 Å². The van der Waals surface area contributed by atoms with Crippen molar-refractivity contribution in [1.82, 2.24) is 24.8 Å². The number of nitrogens with two attached hydrogens (primary N) is 1. The molecular formula is C24H29F2N7. The molecule has 9 heteroatoms. The highest BCUT2D eigenvalue weighted by molar-refractivity contribution is 5.34. The monoisotopic (exact) mass is 453 g/mol. The summed E-state index contributed by atoms with van der Waals surface area (Å²) in [6.45, 7) is 5.23. The predicted molar refractivity (Wildman–Crippen MR) is 125 cm³/mol. The molecule has 33 heavy (non-hydrogen) atoms. The van der Waals surface area contributed by atoms with Crippen LogP contribution in [0.5, 0.6) is 0 Å². The summed E-state index contributed by atoms with van der Waals surface area (Å²) in [6.07, 6.45) is 0. The summed E-state index contributed by atoms with van der Waals surface area (Å²) in [5.74, 6) is 0.846. The third-order valence-electron chi connectivity index (χ3n) is 6.07. The predicted octanol–water partition coefficient (Wildman–Crippen LogP) is 3.27. The molecular weight excluding hydrogens is 424 g/mol. The van der Waals surface area contributed by atoms with Crippen molar-refractivity contribution in [2.24, 2.45) is 0 Å². The second-order valence-electron chi connectivity index (χ2n) is 8.50. The lowest BCUT2D eigenvalue weighted by Crippen LogP contribution is -2.48. The van der Waals surface area contributed by atoms with E-state index in [1.807, 2.05) is 19.0 Å². The maximum atomic E-state index is 13.6. The molecule has 4 rings (SSSR count). The van der Waals surface area contributed by atoms with E-state index in [-0.39, 0.29) is 29.7 Å². The van der Waals surface area contributed by atoms with Crippen LogP contribution < -0.4 is 10.6 Å². The fourth-order valence-electron chi connectivity index (χ4n) is 4.23. The van der Waals surface area contributed by atoms with Crippen LogP contribution in [0.2, 0.25) is 0 Å². The molecule has 1 atom stereocenters. The van der Waals surface area contributed by atoms with E-state index in [1.54, 1.807) is 24.3 Å². The maximum Gasteiger partial charge on any atom is 0.229 e. The standard InChI is InChI=1S/C24H29F2N7/c1-16(22-28-23(27)30-24(29-22)31(2)3)32-12-14-33(15-13-32)21(17-4-8-19(25)9-5-17)18-6-10-20(26)11-7-18/h4-11,16,21H,12-15H2,1-3H3,(H2,27,28,29,30)/t16-/m0/s1. The third-order valence-corrected chi connectivity index (χ3v) is 6.07. The number of aromatic nitrogens is 3. The van der Waals surface area contributed by atoms with Gasteiger partial charge in [0, 0.05) is 40.3 Å². The summed E-state index contributed by atoms with van der Waals surface area (Å²) < 4.78 is 27.1. The van der Waals surface area contributed by atoms with Gasteiger partial charge < -0.3 is 10.6 Å². The van der Waals surface area contributed by atoms with E-state index in [4.69, 9.17) is 5.73 Å². The number of nitrogens with zero attached hydrogens (tertiary/aromatic N) is 6. The van der Waals surface area contributed by atoms with E-state index < -0.39 is 0 Å². The first-order valence-electron chi connectivity index (χ1n) is 11.0. The summed E-state index contributed by atoms with van der Waals surface area (Å²) >= 11 is 0. The van der Waals surface area contributed by atoms with Gasteiger partial charge in [0.2, 0.25) is 11.9 Å². The maximum absolute atomic E-state index is 13.6. The molecule has 7 nitrogen and oxygen atoms in total. The summed E-state index contributed by atoms with van der Waals surface area (Å²) in [5, 5.41) is 0. The topological polar surface area (TPSA) is 74.4 Å². The summed E-state index contributed by atoms with van der Waals surface area (Å²) in [6, 6.07) is 13.0. The SMILES string of the molecule is C[C@@H](c1nc(N)nc(N(C)C)n1)N1CCN(C(c2ccc(F)cc2)c2ccc(F)cc2)CC1. The van der Waals surface area contributed by atoms with Crippen LogP contribution in [-0.4, -0.2) is 65.0 Å². The van der Waals surface area contributed by atoms with Gasteiger partial charge in [-0.1, -0.05) is 24.3 Å². The van der Waals surface area contributed by atoms with Gasteiger partial charge in [0.05, 0.1) is 12.1 Å². The van der Waals surface area contributed by atoms with Gasteiger partial charge in [0.15, 0.2) is 5.82 Å². The van der Waals surface area contributed by atoms with Crippen LogP contribution >= 0.6 is 0 Å². The lowest BCUT2D eigenvalue weighted by Gasteiger charge is -2.41. The highest BCUT2D eigenvalue weighted by atomic mass is 19.1. The Balaban J connectivity index is 1.53. The normalized spacial score (nSPS) is 16.2. The van der Waals surface area contributed by atoms with E-state index in [0.29, 0.717) is 11.8 Å². The second kappa shape index (κ2) is 9.76. The van der Waals surface area contributed by atoms with Crippen LogP contribution in [0.25, 0.3) is 0 Å². The van der Waals surface area contributed by atoms with Crippen molar-refractivity contribution >= 4 is 11.9 Å². The number of piperazine rings is 1. The molecule has 2 N–H and O–H groups in total. The second-order valence-corrected chi connectivity index (χ2v) is 8.50. The first-order valence-corrected chi connectivity index (χ1v) is 11.0. The fourth-order valence-corrected chi connectivity index (χ4v) is 4.23. The lowest BCUT2D eigenvalue weighted by atomic mass is 9.96. The number of nitrogen functional groups attached to an aromatic ring is 1. The molecule has 174 valence electrons. The van der Waals surface area contributed by atoms with Crippen LogP contribution in [0.15, 0.2) is 48.5 Å². The molecule has 0 radical (unpaired) electrons. The van der Waals surface area contributed by atoms with Gasteiger partial charge in [-0.2, -0.15) is 15.0 Å². The molecule has 0 amide bonds. The Hall–Kier alpha value is -3.17. The van der Waals surface area contributed by atoms with Crippen LogP contribution in [0.3, 0.4) is 0 Å². The largest absolute Gasteiger partial charge is 0.368 e. The minimum atomic E-state index is -0.274. The molecule has 0 bridgehead atoms. The van der Waals surface area contributed by atoms with E-state index in [2.05, 4.69) is 31.7 Å². The molecule has 0 unspecified atom stereocenters. The van der Waals surface area contributed by atoms with Gasteiger partial charge in [0.1, 0.15) is 11.6 Å². The molecule has 1 saturated heterocycles. The van der Waals surface area contributed by atoms with Crippen molar-refractivity contribution in [2.45, 2.75) is 19.0 Å². The highest BCUT2D eigenvalue weighted by Gasteiger charge is 2.30.